The van der Waals surface area contributed by atoms with Gasteiger partial charge in [0, 0.05) is 12.5 Å². The van der Waals surface area contributed by atoms with Gasteiger partial charge in [0.05, 0.1) is 6.54 Å². The van der Waals surface area contributed by atoms with Crippen LogP contribution in [0.2, 0.25) is 0 Å². The molecule has 3 aromatic rings. The van der Waals surface area contributed by atoms with Crippen molar-refractivity contribution in [2.45, 2.75) is 19.9 Å². The van der Waals surface area contributed by atoms with Gasteiger partial charge < -0.3 is 4.57 Å². The molecule has 2 aromatic heterocycles. The van der Waals surface area contributed by atoms with Gasteiger partial charge in [-0.05, 0) is 12.1 Å². The SMILES string of the molecule is CCc1nc(Cn2cnnc2)n(-c2ccc(F)cc2F)n1. The first-order valence-electron chi connectivity index (χ1n) is 6.40. The van der Waals surface area contributed by atoms with Crippen molar-refractivity contribution in [3.8, 4) is 5.69 Å². The van der Waals surface area contributed by atoms with Gasteiger partial charge in [0.1, 0.15) is 24.2 Å². The van der Waals surface area contributed by atoms with Gasteiger partial charge in [0.15, 0.2) is 17.5 Å². The van der Waals surface area contributed by atoms with Crippen molar-refractivity contribution in [2.75, 3.05) is 0 Å². The minimum Gasteiger partial charge on any atom is -0.312 e. The van der Waals surface area contributed by atoms with Crippen LogP contribution in [0.1, 0.15) is 18.6 Å². The summed E-state index contributed by atoms with van der Waals surface area (Å²) in [6, 6.07) is 3.36. The Morgan fingerprint density at radius 3 is 2.57 bits per heavy atom. The van der Waals surface area contributed by atoms with Gasteiger partial charge in [0.2, 0.25) is 0 Å². The molecule has 0 unspecified atom stereocenters. The molecule has 3 rings (SSSR count). The predicted molar refractivity (Wildman–Crippen MR) is 69.8 cm³/mol. The van der Waals surface area contributed by atoms with Gasteiger partial charge in [-0.2, -0.15) is 5.10 Å². The van der Waals surface area contributed by atoms with Crippen molar-refractivity contribution < 1.29 is 8.78 Å². The van der Waals surface area contributed by atoms with Gasteiger partial charge in [-0.15, -0.1) is 10.2 Å². The van der Waals surface area contributed by atoms with Gasteiger partial charge >= 0.3 is 0 Å². The molecule has 21 heavy (non-hydrogen) atoms. The Balaban J connectivity index is 2.06. The van der Waals surface area contributed by atoms with Crippen LogP contribution in [0.25, 0.3) is 5.69 Å². The summed E-state index contributed by atoms with van der Waals surface area (Å²) >= 11 is 0. The van der Waals surface area contributed by atoms with E-state index in [0.717, 1.165) is 6.07 Å². The summed E-state index contributed by atoms with van der Waals surface area (Å²) in [5.41, 5.74) is 0.159. The number of rotatable bonds is 4. The number of benzene rings is 1. The molecule has 0 N–H and O–H groups in total. The zero-order valence-electron chi connectivity index (χ0n) is 11.2. The Morgan fingerprint density at radius 2 is 1.90 bits per heavy atom. The van der Waals surface area contributed by atoms with Crippen LogP contribution in [-0.2, 0) is 13.0 Å². The van der Waals surface area contributed by atoms with Gasteiger partial charge in [-0.25, -0.2) is 18.4 Å². The Labute approximate surface area is 119 Å². The minimum absolute atomic E-state index is 0.159. The molecule has 0 radical (unpaired) electrons. The van der Waals surface area contributed by atoms with Crippen LogP contribution >= 0.6 is 0 Å². The van der Waals surface area contributed by atoms with E-state index in [4.69, 9.17) is 0 Å². The quantitative estimate of drug-likeness (QED) is 0.734. The summed E-state index contributed by atoms with van der Waals surface area (Å²) < 4.78 is 30.1. The van der Waals surface area contributed by atoms with Crippen LogP contribution < -0.4 is 0 Å². The molecule has 0 aliphatic carbocycles. The minimum atomic E-state index is -0.687. The molecule has 0 fully saturated rings. The highest BCUT2D eigenvalue weighted by Crippen LogP contribution is 2.16. The molecule has 0 saturated heterocycles. The molecule has 0 saturated carbocycles. The Kier molecular flexibility index (Phi) is 3.43. The highest BCUT2D eigenvalue weighted by Gasteiger charge is 2.15. The van der Waals surface area contributed by atoms with Gasteiger partial charge in [-0.3, -0.25) is 0 Å². The number of hydrogen-bond acceptors (Lipinski definition) is 4. The van der Waals surface area contributed by atoms with Crippen molar-refractivity contribution in [1.29, 1.82) is 0 Å². The highest BCUT2D eigenvalue weighted by molar-refractivity contribution is 5.34. The molecular weight excluding hydrogens is 278 g/mol. The fraction of sp³-hybridized carbons (Fsp3) is 0.231. The Hall–Kier alpha value is -2.64. The van der Waals surface area contributed by atoms with E-state index < -0.39 is 11.6 Å². The average molecular weight is 290 g/mol. The van der Waals surface area contributed by atoms with E-state index in [2.05, 4.69) is 20.3 Å². The second-order valence-electron chi connectivity index (χ2n) is 4.44. The van der Waals surface area contributed by atoms with E-state index in [9.17, 15) is 8.78 Å². The number of aromatic nitrogens is 6. The summed E-state index contributed by atoms with van der Waals surface area (Å²) in [5, 5.41) is 11.7. The molecule has 0 amide bonds. The van der Waals surface area contributed by atoms with Crippen LogP contribution in [0.15, 0.2) is 30.9 Å². The van der Waals surface area contributed by atoms with Crippen molar-refractivity contribution in [3.63, 3.8) is 0 Å². The van der Waals surface area contributed by atoms with Crippen molar-refractivity contribution >= 4 is 0 Å². The van der Waals surface area contributed by atoms with E-state index >= 15 is 0 Å². The first-order valence-corrected chi connectivity index (χ1v) is 6.40. The summed E-state index contributed by atoms with van der Waals surface area (Å²) in [4.78, 5) is 4.36. The second kappa shape index (κ2) is 5.39. The van der Waals surface area contributed by atoms with E-state index in [0.29, 0.717) is 24.6 Å². The standard InChI is InChI=1S/C13H12F2N6/c1-2-12-18-13(6-20-7-16-17-8-20)21(19-12)11-4-3-9(14)5-10(11)15/h3-5,7-8H,2,6H2,1H3. The monoisotopic (exact) mass is 290 g/mol. The summed E-state index contributed by atoms with van der Waals surface area (Å²) in [5.74, 6) is -0.209. The van der Waals surface area contributed by atoms with Crippen molar-refractivity contribution in [2.24, 2.45) is 0 Å². The van der Waals surface area contributed by atoms with Crippen molar-refractivity contribution in [3.05, 3.63) is 54.1 Å². The molecule has 0 aliphatic heterocycles. The van der Waals surface area contributed by atoms with Crippen molar-refractivity contribution in [1.82, 2.24) is 29.5 Å². The largest absolute Gasteiger partial charge is 0.312 e. The fourth-order valence-electron chi connectivity index (χ4n) is 1.96. The normalized spacial score (nSPS) is 11.0. The molecule has 0 aliphatic rings. The lowest BCUT2D eigenvalue weighted by Crippen LogP contribution is -2.09. The lowest BCUT2D eigenvalue weighted by Gasteiger charge is -2.07. The van der Waals surface area contributed by atoms with E-state index in [1.54, 1.807) is 4.57 Å². The number of hydrogen-bond donors (Lipinski definition) is 0. The van der Waals surface area contributed by atoms with Crippen LogP contribution in [0, 0.1) is 11.6 Å². The summed E-state index contributed by atoms with van der Waals surface area (Å²) in [7, 11) is 0. The number of nitrogens with zero attached hydrogens (tertiary/aromatic N) is 6. The third-order valence-corrected chi connectivity index (χ3v) is 2.96. The third-order valence-electron chi connectivity index (χ3n) is 2.96. The molecule has 0 atom stereocenters. The Morgan fingerprint density at radius 1 is 1.14 bits per heavy atom. The fourth-order valence-corrected chi connectivity index (χ4v) is 1.96. The van der Waals surface area contributed by atoms with E-state index in [1.165, 1.54) is 29.5 Å². The summed E-state index contributed by atoms with van der Waals surface area (Å²) in [6.07, 6.45) is 3.68. The molecule has 6 nitrogen and oxygen atoms in total. The molecule has 2 heterocycles. The van der Waals surface area contributed by atoms with E-state index in [1.807, 2.05) is 6.92 Å². The number of halogens is 2. The molecule has 108 valence electrons. The lowest BCUT2D eigenvalue weighted by atomic mass is 10.3. The third kappa shape index (κ3) is 2.64. The topological polar surface area (TPSA) is 61.4 Å². The zero-order valence-corrected chi connectivity index (χ0v) is 11.2. The Bertz CT molecular complexity index is 750. The smallest absolute Gasteiger partial charge is 0.152 e. The first kappa shape index (κ1) is 13.3. The molecule has 1 aromatic carbocycles. The maximum atomic E-state index is 13.9. The van der Waals surface area contributed by atoms with E-state index in [-0.39, 0.29) is 5.69 Å². The van der Waals surface area contributed by atoms with Crippen LogP contribution in [0.5, 0.6) is 0 Å². The maximum Gasteiger partial charge on any atom is 0.152 e. The lowest BCUT2D eigenvalue weighted by molar-refractivity contribution is 0.568. The zero-order chi connectivity index (χ0) is 14.8. The molecular formula is C13H12F2N6. The van der Waals surface area contributed by atoms with Crippen LogP contribution in [-0.4, -0.2) is 29.5 Å². The first-order chi connectivity index (χ1) is 10.2. The van der Waals surface area contributed by atoms with Gasteiger partial charge in [0.25, 0.3) is 0 Å². The van der Waals surface area contributed by atoms with Gasteiger partial charge in [-0.1, -0.05) is 6.92 Å². The number of aryl methyl sites for hydroxylation is 1. The molecule has 0 bridgehead atoms. The predicted octanol–water partition coefficient (Wildman–Crippen LogP) is 1.75. The molecule has 0 spiro atoms. The summed E-state index contributed by atoms with van der Waals surface area (Å²) in [6.45, 7) is 2.25. The molecule has 8 heteroatoms. The average Bonchev–Trinajstić information content (AvgIpc) is 3.09. The maximum absolute atomic E-state index is 13.9. The van der Waals surface area contributed by atoms with Crippen LogP contribution in [0.3, 0.4) is 0 Å². The van der Waals surface area contributed by atoms with Crippen LogP contribution in [0.4, 0.5) is 8.78 Å². The highest BCUT2D eigenvalue weighted by atomic mass is 19.1. The second-order valence-corrected chi connectivity index (χ2v) is 4.44.